The Hall–Kier alpha value is -5.46. The van der Waals surface area contributed by atoms with Crippen molar-refractivity contribution in [2.24, 2.45) is 0 Å². The predicted octanol–water partition coefficient (Wildman–Crippen LogP) is 11.7. The minimum atomic E-state index is 0.942. The van der Waals surface area contributed by atoms with Gasteiger partial charge in [-0.05, 0) is 94.4 Å². The summed E-state index contributed by atoms with van der Waals surface area (Å²) in [5.74, 6) is 0. The maximum Gasteiger partial charge on any atom is -0.000683 e. The Balaban J connectivity index is 1.37. The third-order valence-electron chi connectivity index (χ3n) is 9.29. The largest absolute Gasteiger partial charge is 0.0622 e. The molecule has 0 bridgehead atoms. The topological polar surface area (TPSA) is 0 Å². The fourth-order valence-electron chi connectivity index (χ4n) is 7.53. The van der Waals surface area contributed by atoms with E-state index < -0.39 is 0 Å². The summed E-state index contributed by atoms with van der Waals surface area (Å²) in [6.07, 6.45) is 0.942. The van der Waals surface area contributed by atoms with Gasteiger partial charge in [0, 0.05) is 0 Å². The lowest BCUT2D eigenvalue weighted by Crippen LogP contribution is -1.93. The van der Waals surface area contributed by atoms with Crippen molar-refractivity contribution in [3.8, 4) is 44.5 Å². The van der Waals surface area contributed by atoms with Crippen LogP contribution in [0, 0.1) is 0 Å². The average molecular weight is 545 g/mol. The molecule has 1 aliphatic rings. The molecule has 0 spiro atoms. The van der Waals surface area contributed by atoms with E-state index in [1.807, 2.05) is 0 Å². The van der Waals surface area contributed by atoms with Crippen molar-refractivity contribution >= 4 is 32.3 Å². The van der Waals surface area contributed by atoms with E-state index in [1.54, 1.807) is 0 Å². The molecule has 1 aliphatic carbocycles. The van der Waals surface area contributed by atoms with Gasteiger partial charge in [0.15, 0.2) is 0 Å². The monoisotopic (exact) mass is 544 g/mol. The first-order valence-corrected chi connectivity index (χ1v) is 15.1. The quantitative estimate of drug-likeness (QED) is 0.194. The van der Waals surface area contributed by atoms with Crippen LogP contribution >= 0.6 is 0 Å². The Morgan fingerprint density at radius 3 is 1.56 bits per heavy atom. The van der Waals surface area contributed by atoms with E-state index in [-0.39, 0.29) is 0 Å². The lowest BCUT2D eigenvalue weighted by Gasteiger charge is -2.20. The van der Waals surface area contributed by atoms with Gasteiger partial charge < -0.3 is 0 Å². The summed E-state index contributed by atoms with van der Waals surface area (Å²) >= 11 is 0. The first-order chi connectivity index (χ1) is 21.4. The van der Waals surface area contributed by atoms with Gasteiger partial charge in [0.25, 0.3) is 0 Å². The molecule has 0 atom stereocenters. The van der Waals surface area contributed by atoms with Gasteiger partial charge in [-0.2, -0.15) is 0 Å². The highest BCUT2D eigenvalue weighted by molar-refractivity contribution is 6.23. The molecule has 0 amide bonds. The van der Waals surface area contributed by atoms with E-state index in [4.69, 9.17) is 0 Å². The molecule has 0 saturated carbocycles. The van der Waals surface area contributed by atoms with E-state index in [0.717, 1.165) is 6.42 Å². The molecule has 43 heavy (non-hydrogen) atoms. The number of hydrogen-bond acceptors (Lipinski definition) is 0. The van der Waals surface area contributed by atoms with E-state index in [2.05, 4.69) is 158 Å². The Morgan fingerprint density at radius 2 is 0.884 bits per heavy atom. The van der Waals surface area contributed by atoms with E-state index >= 15 is 0 Å². The summed E-state index contributed by atoms with van der Waals surface area (Å²) in [4.78, 5) is 0. The fraction of sp³-hybridized carbons (Fsp3) is 0.0233. The van der Waals surface area contributed by atoms with E-state index in [9.17, 15) is 0 Å². The summed E-state index contributed by atoms with van der Waals surface area (Å²) in [5, 5.41) is 7.87. The van der Waals surface area contributed by atoms with Crippen molar-refractivity contribution in [2.45, 2.75) is 6.42 Å². The molecular weight excluding hydrogens is 516 g/mol. The molecule has 8 aromatic carbocycles. The summed E-state index contributed by atoms with van der Waals surface area (Å²) in [5.41, 5.74) is 13.4. The Kier molecular flexibility index (Phi) is 5.36. The first-order valence-electron chi connectivity index (χ1n) is 15.1. The van der Waals surface area contributed by atoms with Gasteiger partial charge in [-0.3, -0.25) is 0 Å². The summed E-state index contributed by atoms with van der Waals surface area (Å²) in [7, 11) is 0. The maximum atomic E-state index is 2.37. The Labute approximate surface area is 251 Å². The van der Waals surface area contributed by atoms with Crippen molar-refractivity contribution in [3.05, 3.63) is 169 Å². The molecule has 8 aromatic rings. The molecule has 0 unspecified atom stereocenters. The van der Waals surface area contributed by atoms with Crippen molar-refractivity contribution in [3.63, 3.8) is 0 Å². The van der Waals surface area contributed by atoms with E-state index in [0.29, 0.717) is 0 Å². The van der Waals surface area contributed by atoms with Crippen LogP contribution in [0.3, 0.4) is 0 Å². The van der Waals surface area contributed by atoms with Crippen LogP contribution in [0.15, 0.2) is 158 Å². The molecule has 0 aromatic heterocycles. The van der Waals surface area contributed by atoms with Gasteiger partial charge in [0.05, 0.1) is 0 Å². The third kappa shape index (κ3) is 3.63. The number of fused-ring (bicyclic) bond motifs is 7. The van der Waals surface area contributed by atoms with Crippen molar-refractivity contribution in [1.29, 1.82) is 0 Å². The standard InChI is InChI=1S/C43H28/c1-3-13-28(14-4-1)32-23-11-17-30-25-26-37-39(40(30)32)27-31-18-12-24-38(42(31)37)43-35-21-9-7-19-33(35)41(29-15-5-2-6-16-29)34-20-8-10-22-36(34)43/h1-26H,27H2. The predicted molar refractivity (Wildman–Crippen MR) is 184 cm³/mol. The molecule has 0 aliphatic heterocycles. The number of rotatable bonds is 3. The van der Waals surface area contributed by atoms with Crippen LogP contribution in [0.4, 0.5) is 0 Å². The van der Waals surface area contributed by atoms with Crippen LogP contribution in [0.1, 0.15) is 11.1 Å². The summed E-state index contributed by atoms with van der Waals surface area (Å²) < 4.78 is 0. The number of hydrogen-bond donors (Lipinski definition) is 0. The highest BCUT2D eigenvalue weighted by Crippen LogP contribution is 2.51. The molecule has 0 fully saturated rings. The fourth-order valence-corrected chi connectivity index (χ4v) is 7.53. The zero-order valence-electron chi connectivity index (χ0n) is 23.7. The molecule has 200 valence electrons. The smallest absolute Gasteiger partial charge is 0.000683 e. The average Bonchev–Trinajstić information content (AvgIpc) is 3.47. The van der Waals surface area contributed by atoms with Gasteiger partial charge in [-0.1, -0.05) is 158 Å². The molecule has 0 radical (unpaired) electrons. The maximum absolute atomic E-state index is 2.37. The van der Waals surface area contributed by atoms with Crippen LogP contribution in [-0.2, 0) is 6.42 Å². The Morgan fingerprint density at radius 1 is 0.326 bits per heavy atom. The second-order valence-electron chi connectivity index (χ2n) is 11.6. The van der Waals surface area contributed by atoms with Crippen LogP contribution < -0.4 is 0 Å². The van der Waals surface area contributed by atoms with Crippen LogP contribution in [0.25, 0.3) is 76.8 Å². The van der Waals surface area contributed by atoms with Gasteiger partial charge in [0.2, 0.25) is 0 Å². The Bertz CT molecular complexity index is 2290. The molecule has 0 nitrogen and oxygen atoms in total. The highest BCUT2D eigenvalue weighted by Gasteiger charge is 2.27. The number of benzene rings is 8. The van der Waals surface area contributed by atoms with Crippen LogP contribution in [0.2, 0.25) is 0 Å². The minimum Gasteiger partial charge on any atom is -0.0622 e. The molecular formula is C43H28. The van der Waals surface area contributed by atoms with Crippen molar-refractivity contribution < 1.29 is 0 Å². The zero-order valence-corrected chi connectivity index (χ0v) is 23.7. The summed E-state index contributed by atoms with van der Waals surface area (Å²) in [6.45, 7) is 0. The lowest BCUT2D eigenvalue weighted by molar-refractivity contribution is 1.28. The molecule has 0 heteroatoms. The summed E-state index contributed by atoms with van der Waals surface area (Å²) in [6, 6.07) is 58.0. The van der Waals surface area contributed by atoms with Gasteiger partial charge in [-0.25, -0.2) is 0 Å². The molecule has 0 saturated heterocycles. The third-order valence-corrected chi connectivity index (χ3v) is 9.29. The van der Waals surface area contributed by atoms with Gasteiger partial charge in [0.1, 0.15) is 0 Å². The van der Waals surface area contributed by atoms with E-state index in [1.165, 1.54) is 88.0 Å². The second kappa shape index (κ2) is 9.54. The SMILES string of the molecule is c1ccc(-c2c3ccccc3c(-c3cccc4c3-c3ccc5cccc(-c6ccccc6)c5c3C4)c3ccccc23)cc1. The van der Waals surface area contributed by atoms with Gasteiger partial charge in [-0.15, -0.1) is 0 Å². The molecule has 9 rings (SSSR count). The van der Waals surface area contributed by atoms with Crippen LogP contribution in [0.5, 0.6) is 0 Å². The van der Waals surface area contributed by atoms with Crippen molar-refractivity contribution in [1.82, 2.24) is 0 Å². The molecule has 0 heterocycles. The highest BCUT2D eigenvalue weighted by atomic mass is 14.3. The first kappa shape index (κ1) is 24.2. The van der Waals surface area contributed by atoms with Crippen molar-refractivity contribution in [2.75, 3.05) is 0 Å². The zero-order chi connectivity index (χ0) is 28.3. The molecule has 0 N–H and O–H groups in total. The normalized spacial score (nSPS) is 12.1. The lowest BCUT2D eigenvalue weighted by atomic mass is 9.83. The van der Waals surface area contributed by atoms with Gasteiger partial charge >= 0.3 is 0 Å². The minimum absolute atomic E-state index is 0.942. The van der Waals surface area contributed by atoms with Crippen LogP contribution in [-0.4, -0.2) is 0 Å². The second-order valence-corrected chi connectivity index (χ2v) is 11.6.